The van der Waals surface area contributed by atoms with Gasteiger partial charge in [0.05, 0.1) is 4.75 Å². The van der Waals surface area contributed by atoms with Crippen molar-refractivity contribution in [1.82, 2.24) is 0 Å². The van der Waals surface area contributed by atoms with Gasteiger partial charge in [0.25, 0.3) is 6.43 Å². The van der Waals surface area contributed by atoms with E-state index in [-0.39, 0.29) is 0 Å². The molecule has 0 N–H and O–H groups in total. The molecule has 1 fully saturated rings. The van der Waals surface area contributed by atoms with Crippen LogP contribution in [0.15, 0.2) is 0 Å². The van der Waals surface area contributed by atoms with Gasteiger partial charge in [-0.15, -0.1) is 11.8 Å². The molecule has 0 aromatic heterocycles. The van der Waals surface area contributed by atoms with Gasteiger partial charge in [0.1, 0.15) is 0 Å². The molecule has 0 aromatic rings. The third kappa shape index (κ3) is 1.72. The summed E-state index contributed by atoms with van der Waals surface area (Å²) in [5.74, 6) is -0.0744. The van der Waals surface area contributed by atoms with Crippen LogP contribution in [0.1, 0.15) is 19.8 Å². The van der Waals surface area contributed by atoms with Crippen LogP contribution in [0.25, 0.3) is 0 Å². The Hall–Kier alpha value is -0.120. The second kappa shape index (κ2) is 3.09. The van der Waals surface area contributed by atoms with Gasteiger partial charge in [-0.1, -0.05) is 0 Å². The summed E-state index contributed by atoms with van der Waals surface area (Å²) in [5.41, 5.74) is 0. The number of thioether (sulfide) groups is 1. The van der Waals surface area contributed by atoms with Crippen LogP contribution >= 0.6 is 11.8 Å². The molecule has 1 rings (SSSR count). The molecule has 1 nitrogen and oxygen atoms in total. The van der Waals surface area contributed by atoms with Gasteiger partial charge in [-0.25, -0.2) is 8.78 Å². The SMILES string of the molecule is CC1(C(=O)C(F)F)CCCS1. The molecule has 11 heavy (non-hydrogen) atoms. The van der Waals surface area contributed by atoms with E-state index in [0.717, 1.165) is 12.2 Å². The fourth-order valence-corrected chi connectivity index (χ4v) is 2.46. The normalized spacial score (nSPS) is 31.3. The van der Waals surface area contributed by atoms with Gasteiger partial charge in [-0.2, -0.15) is 0 Å². The van der Waals surface area contributed by atoms with Crippen LogP contribution in [0, 0.1) is 0 Å². The van der Waals surface area contributed by atoms with E-state index >= 15 is 0 Å². The van der Waals surface area contributed by atoms with Crippen LogP contribution < -0.4 is 0 Å². The Morgan fingerprint density at radius 1 is 1.64 bits per heavy atom. The predicted molar refractivity (Wildman–Crippen MR) is 41.1 cm³/mol. The molecule has 1 aliphatic rings. The molecule has 0 aliphatic carbocycles. The topological polar surface area (TPSA) is 17.1 Å². The summed E-state index contributed by atoms with van der Waals surface area (Å²) in [7, 11) is 0. The number of carbonyl (C=O) groups excluding carboxylic acids is 1. The molecule has 1 saturated heterocycles. The molecule has 0 saturated carbocycles. The van der Waals surface area contributed by atoms with Crippen molar-refractivity contribution >= 4 is 17.5 Å². The minimum atomic E-state index is -2.80. The van der Waals surface area contributed by atoms with Gasteiger partial charge in [-0.05, 0) is 25.5 Å². The number of ketones is 1. The number of rotatable bonds is 2. The molecule has 0 aromatic carbocycles. The quantitative estimate of drug-likeness (QED) is 0.647. The minimum Gasteiger partial charge on any atom is -0.292 e. The number of Topliss-reactive ketones (excluding diaryl/α,β-unsaturated/α-hetero) is 1. The number of carbonyl (C=O) groups is 1. The smallest absolute Gasteiger partial charge is 0.292 e. The van der Waals surface area contributed by atoms with E-state index in [0.29, 0.717) is 6.42 Å². The summed E-state index contributed by atoms with van der Waals surface area (Å²) < 4.78 is 23.1. The first-order valence-corrected chi connectivity index (χ1v) is 4.51. The van der Waals surface area contributed by atoms with E-state index in [4.69, 9.17) is 0 Å². The molecule has 0 amide bonds. The maximum absolute atomic E-state index is 12.0. The largest absolute Gasteiger partial charge is 0.297 e. The predicted octanol–water partition coefficient (Wildman–Crippen LogP) is 2.11. The summed E-state index contributed by atoms with van der Waals surface area (Å²) >= 11 is 1.35. The summed E-state index contributed by atoms with van der Waals surface area (Å²) in [6.45, 7) is 1.61. The Labute approximate surface area is 68.5 Å². The van der Waals surface area contributed by atoms with Crippen LogP contribution in [0.4, 0.5) is 8.78 Å². The van der Waals surface area contributed by atoms with Crippen LogP contribution in [0.3, 0.4) is 0 Å². The molecular weight excluding hydrogens is 170 g/mol. The number of hydrogen-bond acceptors (Lipinski definition) is 2. The summed E-state index contributed by atoms with van der Waals surface area (Å²) in [6, 6.07) is 0. The second-order valence-corrected chi connectivity index (χ2v) is 4.45. The lowest BCUT2D eigenvalue weighted by Gasteiger charge is -2.19. The van der Waals surface area contributed by atoms with E-state index < -0.39 is 17.0 Å². The van der Waals surface area contributed by atoms with Gasteiger partial charge in [0, 0.05) is 0 Å². The van der Waals surface area contributed by atoms with Crippen LogP contribution in [0.2, 0.25) is 0 Å². The van der Waals surface area contributed by atoms with Crippen molar-refractivity contribution in [3.63, 3.8) is 0 Å². The molecule has 64 valence electrons. The minimum absolute atomic E-state index is 0.598. The molecular formula is C7H10F2OS. The van der Waals surface area contributed by atoms with Crippen molar-refractivity contribution in [2.45, 2.75) is 30.9 Å². The Morgan fingerprint density at radius 2 is 2.27 bits per heavy atom. The third-order valence-electron chi connectivity index (χ3n) is 1.94. The van der Waals surface area contributed by atoms with Crippen molar-refractivity contribution < 1.29 is 13.6 Å². The molecule has 0 spiro atoms. The molecule has 1 heterocycles. The Morgan fingerprint density at radius 3 is 2.64 bits per heavy atom. The van der Waals surface area contributed by atoms with Gasteiger partial charge in [0.15, 0.2) is 0 Å². The fourth-order valence-electron chi connectivity index (χ4n) is 1.20. The first-order valence-electron chi connectivity index (χ1n) is 3.53. The van der Waals surface area contributed by atoms with Gasteiger partial charge >= 0.3 is 0 Å². The van der Waals surface area contributed by atoms with E-state index in [1.165, 1.54) is 11.8 Å². The number of hydrogen-bond donors (Lipinski definition) is 0. The van der Waals surface area contributed by atoms with Gasteiger partial charge < -0.3 is 0 Å². The summed E-state index contributed by atoms with van der Waals surface area (Å²) in [5, 5.41) is 0. The van der Waals surface area contributed by atoms with Crippen molar-refractivity contribution in [1.29, 1.82) is 0 Å². The summed E-state index contributed by atoms with van der Waals surface area (Å²) in [6.07, 6.45) is -1.33. The zero-order valence-corrected chi connectivity index (χ0v) is 7.09. The lowest BCUT2D eigenvalue weighted by molar-refractivity contribution is -0.131. The highest BCUT2D eigenvalue weighted by Gasteiger charge is 2.41. The highest BCUT2D eigenvalue weighted by atomic mass is 32.2. The molecule has 1 aliphatic heterocycles. The molecule has 0 bridgehead atoms. The zero-order chi connectivity index (χ0) is 8.48. The first-order chi connectivity index (χ1) is 5.06. The second-order valence-electron chi connectivity index (χ2n) is 2.85. The summed E-state index contributed by atoms with van der Waals surface area (Å²) in [4.78, 5) is 10.9. The number of halogens is 2. The van der Waals surface area contributed by atoms with Crippen molar-refractivity contribution in [2.75, 3.05) is 5.75 Å². The van der Waals surface area contributed by atoms with Crippen LogP contribution in [-0.4, -0.2) is 22.7 Å². The molecule has 1 atom stereocenters. The molecule has 4 heteroatoms. The lowest BCUT2D eigenvalue weighted by atomic mass is 10.0. The average molecular weight is 180 g/mol. The maximum Gasteiger partial charge on any atom is 0.297 e. The van der Waals surface area contributed by atoms with Crippen LogP contribution in [0.5, 0.6) is 0 Å². The highest BCUT2D eigenvalue weighted by Crippen LogP contribution is 2.39. The maximum atomic E-state index is 12.0. The lowest BCUT2D eigenvalue weighted by Crippen LogP contribution is -2.33. The Kier molecular flexibility index (Phi) is 2.52. The van der Waals surface area contributed by atoms with Gasteiger partial charge in [0.2, 0.25) is 5.78 Å². The van der Waals surface area contributed by atoms with Crippen molar-refractivity contribution in [3.8, 4) is 0 Å². The van der Waals surface area contributed by atoms with Gasteiger partial charge in [-0.3, -0.25) is 4.79 Å². The first kappa shape index (κ1) is 8.97. The Balaban J connectivity index is 2.64. The van der Waals surface area contributed by atoms with E-state index in [9.17, 15) is 13.6 Å². The zero-order valence-electron chi connectivity index (χ0n) is 6.27. The van der Waals surface area contributed by atoms with E-state index in [2.05, 4.69) is 0 Å². The number of alkyl halides is 2. The Bertz CT molecular complexity index is 164. The fraction of sp³-hybridized carbons (Fsp3) is 0.857. The van der Waals surface area contributed by atoms with Crippen molar-refractivity contribution in [3.05, 3.63) is 0 Å². The monoisotopic (exact) mass is 180 g/mol. The highest BCUT2D eigenvalue weighted by molar-refractivity contribution is 8.01. The third-order valence-corrected chi connectivity index (χ3v) is 3.47. The van der Waals surface area contributed by atoms with E-state index in [1.807, 2.05) is 0 Å². The van der Waals surface area contributed by atoms with E-state index in [1.54, 1.807) is 6.92 Å². The molecule has 1 unspecified atom stereocenters. The van der Waals surface area contributed by atoms with Crippen molar-refractivity contribution in [2.24, 2.45) is 0 Å². The molecule has 0 radical (unpaired) electrons. The standard InChI is InChI=1S/C7H10F2OS/c1-7(3-2-4-11-7)5(10)6(8)9/h6H,2-4H2,1H3. The average Bonchev–Trinajstić information content (AvgIpc) is 2.35. The van der Waals surface area contributed by atoms with Crippen LogP contribution in [-0.2, 0) is 4.79 Å².